The summed E-state index contributed by atoms with van der Waals surface area (Å²) in [6.07, 6.45) is 7.06. The van der Waals surface area contributed by atoms with Crippen molar-refractivity contribution in [3.8, 4) is 0 Å². The van der Waals surface area contributed by atoms with Crippen LogP contribution in [0.3, 0.4) is 0 Å². The van der Waals surface area contributed by atoms with Gasteiger partial charge in [0.15, 0.2) is 0 Å². The molecule has 3 heterocycles. The molecule has 0 spiro atoms. The highest BCUT2D eigenvalue weighted by atomic mass is 32.2. The Morgan fingerprint density at radius 2 is 1.96 bits per heavy atom. The molecule has 4 rings (SSSR count). The topological polar surface area (TPSA) is 67.2 Å². The molecule has 0 bridgehead atoms. The normalized spacial score (nSPS) is 14.6. The number of hydrogen-bond acceptors (Lipinski definition) is 6. The Balaban J connectivity index is 1.41. The molecule has 0 atom stereocenters. The van der Waals surface area contributed by atoms with Crippen molar-refractivity contribution in [3.63, 3.8) is 0 Å². The number of benzene rings is 1. The molecule has 2 aromatic heterocycles. The highest BCUT2D eigenvalue weighted by molar-refractivity contribution is 7.98. The smallest absolute Gasteiger partial charge is 0.246 e. The minimum atomic E-state index is 0.0402. The molecular formula is C19H20N6OS. The van der Waals surface area contributed by atoms with E-state index in [1.54, 1.807) is 39.9 Å². The van der Waals surface area contributed by atoms with Crippen LogP contribution in [0, 0.1) is 0 Å². The van der Waals surface area contributed by atoms with Gasteiger partial charge < -0.3 is 9.80 Å². The summed E-state index contributed by atoms with van der Waals surface area (Å²) in [7, 11) is 1.85. The van der Waals surface area contributed by atoms with Crippen LogP contribution in [0.4, 0.5) is 11.5 Å². The maximum absolute atomic E-state index is 12.6. The zero-order valence-corrected chi connectivity index (χ0v) is 15.8. The van der Waals surface area contributed by atoms with Crippen molar-refractivity contribution in [1.82, 2.24) is 19.7 Å². The lowest BCUT2D eigenvalue weighted by Crippen LogP contribution is -2.50. The van der Waals surface area contributed by atoms with Crippen molar-refractivity contribution in [2.75, 3.05) is 29.4 Å². The fourth-order valence-electron chi connectivity index (χ4n) is 2.98. The minimum Gasteiger partial charge on any atom is -0.344 e. The summed E-state index contributed by atoms with van der Waals surface area (Å²) >= 11 is 1.65. The maximum Gasteiger partial charge on any atom is 0.246 e. The second-order valence-corrected chi connectivity index (χ2v) is 7.32. The number of rotatable bonds is 5. The van der Waals surface area contributed by atoms with Gasteiger partial charge in [0.25, 0.3) is 0 Å². The second-order valence-electron chi connectivity index (χ2n) is 6.33. The van der Waals surface area contributed by atoms with E-state index in [9.17, 15) is 4.79 Å². The predicted octanol–water partition coefficient (Wildman–Crippen LogP) is 2.36. The number of anilines is 2. The third-order valence-electron chi connectivity index (χ3n) is 4.38. The van der Waals surface area contributed by atoms with E-state index in [0.29, 0.717) is 13.1 Å². The number of amides is 1. The van der Waals surface area contributed by atoms with E-state index in [1.807, 2.05) is 36.3 Å². The first-order valence-corrected chi connectivity index (χ1v) is 9.70. The Morgan fingerprint density at radius 1 is 1.11 bits per heavy atom. The van der Waals surface area contributed by atoms with Gasteiger partial charge in [0, 0.05) is 32.1 Å². The van der Waals surface area contributed by atoms with Crippen LogP contribution < -0.4 is 9.80 Å². The highest BCUT2D eigenvalue weighted by Gasteiger charge is 2.26. The van der Waals surface area contributed by atoms with Crippen LogP contribution in [0.1, 0.15) is 5.56 Å². The fourth-order valence-corrected chi connectivity index (χ4v) is 3.78. The Bertz CT molecular complexity index is 929. The first-order chi connectivity index (χ1) is 13.2. The quantitative estimate of drug-likeness (QED) is 0.633. The fraction of sp³-hybridized carbons (Fsp3) is 0.263. The number of aromatic nitrogens is 4. The van der Waals surface area contributed by atoms with Crippen molar-refractivity contribution < 1.29 is 4.79 Å². The van der Waals surface area contributed by atoms with E-state index in [0.717, 1.165) is 22.3 Å². The molecule has 1 saturated heterocycles. The van der Waals surface area contributed by atoms with Crippen LogP contribution in [0.15, 0.2) is 60.1 Å². The molecule has 7 nitrogen and oxygen atoms in total. The molecule has 0 unspecified atom stereocenters. The summed E-state index contributed by atoms with van der Waals surface area (Å²) in [4.78, 5) is 25.3. The largest absolute Gasteiger partial charge is 0.344 e. The van der Waals surface area contributed by atoms with Gasteiger partial charge in [-0.2, -0.15) is 5.10 Å². The van der Waals surface area contributed by atoms with Crippen LogP contribution in [0.25, 0.3) is 0 Å². The summed E-state index contributed by atoms with van der Waals surface area (Å²) < 4.78 is 1.70. The first kappa shape index (κ1) is 17.5. The van der Waals surface area contributed by atoms with Gasteiger partial charge >= 0.3 is 0 Å². The predicted molar refractivity (Wildman–Crippen MR) is 106 cm³/mol. The molecule has 0 saturated carbocycles. The summed E-state index contributed by atoms with van der Waals surface area (Å²) in [5.41, 5.74) is 2.08. The molecule has 0 radical (unpaired) electrons. The van der Waals surface area contributed by atoms with E-state index in [-0.39, 0.29) is 12.5 Å². The van der Waals surface area contributed by atoms with Gasteiger partial charge in [0.1, 0.15) is 10.8 Å². The van der Waals surface area contributed by atoms with Gasteiger partial charge in [0.2, 0.25) is 5.91 Å². The molecule has 0 N–H and O–H groups in total. The Morgan fingerprint density at radius 3 is 2.70 bits per heavy atom. The van der Waals surface area contributed by atoms with Crippen LogP contribution in [-0.4, -0.2) is 45.3 Å². The molecule has 1 amide bonds. The van der Waals surface area contributed by atoms with Crippen molar-refractivity contribution >= 4 is 29.2 Å². The van der Waals surface area contributed by atoms with Crippen LogP contribution in [0.2, 0.25) is 0 Å². The summed E-state index contributed by atoms with van der Waals surface area (Å²) in [6.45, 7) is 1.60. The van der Waals surface area contributed by atoms with Gasteiger partial charge in [0.05, 0.1) is 30.8 Å². The Hall–Kier alpha value is -2.87. The average molecular weight is 380 g/mol. The molecule has 138 valence electrons. The lowest BCUT2D eigenvalue weighted by Gasteiger charge is -2.34. The van der Waals surface area contributed by atoms with E-state index in [4.69, 9.17) is 0 Å². The van der Waals surface area contributed by atoms with Crippen molar-refractivity contribution in [1.29, 1.82) is 0 Å². The lowest BCUT2D eigenvalue weighted by molar-refractivity contribution is -0.117. The molecule has 1 aromatic carbocycles. The zero-order chi connectivity index (χ0) is 18.6. The second kappa shape index (κ2) is 7.79. The van der Waals surface area contributed by atoms with E-state index in [2.05, 4.69) is 27.2 Å². The van der Waals surface area contributed by atoms with Gasteiger partial charge in [-0.15, -0.1) is 11.8 Å². The molecule has 3 aromatic rings. The average Bonchev–Trinajstić information content (AvgIpc) is 3.13. The number of carbonyl (C=O) groups excluding carboxylic acids is 1. The van der Waals surface area contributed by atoms with E-state index < -0.39 is 0 Å². The molecular weight excluding hydrogens is 360 g/mol. The number of piperazine rings is 1. The van der Waals surface area contributed by atoms with Crippen LogP contribution in [-0.2, 0) is 17.6 Å². The molecule has 8 heteroatoms. The van der Waals surface area contributed by atoms with Crippen molar-refractivity contribution in [3.05, 3.63) is 60.7 Å². The van der Waals surface area contributed by atoms with E-state index in [1.165, 1.54) is 5.56 Å². The van der Waals surface area contributed by atoms with E-state index >= 15 is 0 Å². The number of hydrogen-bond donors (Lipinski definition) is 0. The van der Waals surface area contributed by atoms with Crippen LogP contribution >= 0.6 is 11.8 Å². The summed E-state index contributed by atoms with van der Waals surface area (Å²) in [6, 6.07) is 10.3. The van der Waals surface area contributed by atoms with Gasteiger partial charge in [-0.25, -0.2) is 4.98 Å². The first-order valence-electron chi connectivity index (χ1n) is 8.72. The number of nitrogens with zero attached hydrogens (tertiary/aromatic N) is 6. The Labute approximate surface area is 162 Å². The highest BCUT2D eigenvalue weighted by Crippen LogP contribution is 2.24. The number of aryl methyl sites for hydroxylation is 1. The maximum atomic E-state index is 12.6. The van der Waals surface area contributed by atoms with Crippen LogP contribution in [0.5, 0.6) is 0 Å². The van der Waals surface area contributed by atoms with Crippen molar-refractivity contribution in [2.45, 2.75) is 10.8 Å². The summed E-state index contributed by atoms with van der Waals surface area (Å²) in [5, 5.41) is 5.00. The zero-order valence-electron chi connectivity index (χ0n) is 15.0. The van der Waals surface area contributed by atoms with Gasteiger partial charge in [-0.3, -0.25) is 14.5 Å². The SMILES string of the molecule is Cn1cc(N2CCN(c3cncc(SCc4ccccc4)n3)CC2=O)cn1. The van der Waals surface area contributed by atoms with Crippen molar-refractivity contribution in [2.24, 2.45) is 7.05 Å². The molecule has 1 aliphatic heterocycles. The standard InChI is InChI=1S/C19H20N6OS/c1-23-12-16(9-21-23)25-8-7-24(13-19(25)26)17-10-20-11-18(22-17)27-14-15-5-3-2-4-6-15/h2-6,9-12H,7-8,13-14H2,1H3. The molecule has 27 heavy (non-hydrogen) atoms. The van der Waals surface area contributed by atoms with Gasteiger partial charge in [-0.1, -0.05) is 30.3 Å². The molecule has 1 aliphatic rings. The number of thioether (sulfide) groups is 1. The minimum absolute atomic E-state index is 0.0402. The summed E-state index contributed by atoms with van der Waals surface area (Å²) in [5.74, 6) is 1.62. The molecule has 1 fully saturated rings. The monoisotopic (exact) mass is 380 g/mol. The third kappa shape index (κ3) is 4.11. The third-order valence-corrected chi connectivity index (χ3v) is 5.35. The number of carbonyl (C=O) groups is 1. The Kier molecular flexibility index (Phi) is 5.06. The van der Waals surface area contributed by atoms with Gasteiger partial charge in [-0.05, 0) is 5.56 Å². The lowest BCUT2D eigenvalue weighted by atomic mass is 10.2. The molecule has 0 aliphatic carbocycles.